The highest BCUT2D eigenvalue weighted by Crippen LogP contribution is 2.19. The van der Waals surface area contributed by atoms with E-state index in [1.807, 2.05) is 0 Å². The summed E-state index contributed by atoms with van der Waals surface area (Å²) in [4.78, 5) is 14.0. The number of carbonyl (C=O) groups excluding carboxylic acids is 1. The molecule has 2 unspecified atom stereocenters. The minimum Gasteiger partial charge on any atom is -0.510 e. The summed E-state index contributed by atoms with van der Waals surface area (Å²) in [5.41, 5.74) is 0.874. The minimum atomic E-state index is -0.875. The van der Waals surface area contributed by atoms with Crippen molar-refractivity contribution in [3.63, 3.8) is 0 Å². The number of hydrogen-bond donors (Lipinski definition) is 5. The van der Waals surface area contributed by atoms with Gasteiger partial charge >= 0.3 is 0 Å². The van der Waals surface area contributed by atoms with Crippen LogP contribution in [0.3, 0.4) is 0 Å². The summed E-state index contributed by atoms with van der Waals surface area (Å²) in [6, 6.07) is -0.277. The molecular weight excluding hydrogens is 314 g/mol. The second kappa shape index (κ2) is 10.6. The maximum absolute atomic E-state index is 12.3. The van der Waals surface area contributed by atoms with Crippen molar-refractivity contribution in [3.05, 3.63) is 23.4 Å². The Morgan fingerprint density at radius 3 is 2.91 bits per heavy atom. The third-order valence-corrected chi connectivity index (χ3v) is 4.25. The number of allylic oxidation sites excluding steroid dienone is 1. The third kappa shape index (κ3) is 6.85. The molecule has 0 radical (unpaired) electrons. The molecule has 0 bridgehead atoms. The molecule has 1 aliphatic heterocycles. The molecule has 1 fully saturated rings. The summed E-state index contributed by atoms with van der Waals surface area (Å²) in [5.74, 6) is -0.00268. The molecule has 1 aliphatic rings. The highest BCUT2D eigenvalue weighted by Gasteiger charge is 2.33. The Kier molecular flexibility index (Phi) is 9.13. The van der Waals surface area contributed by atoms with Gasteiger partial charge in [-0.25, -0.2) is 0 Å². The molecule has 1 saturated heterocycles. The first-order chi connectivity index (χ1) is 11.0. The van der Waals surface area contributed by atoms with Gasteiger partial charge in [0.2, 0.25) is 5.91 Å². The van der Waals surface area contributed by atoms with E-state index in [0.717, 1.165) is 37.8 Å². The van der Waals surface area contributed by atoms with Crippen LogP contribution >= 0.6 is 12.6 Å². The highest BCUT2D eigenvalue weighted by molar-refractivity contribution is 7.83. The topological polar surface area (TPSA) is 84.8 Å². The van der Waals surface area contributed by atoms with Crippen molar-refractivity contribution in [1.82, 2.24) is 15.5 Å². The lowest BCUT2D eigenvalue weighted by Crippen LogP contribution is -2.51. The number of nitrogens with zero attached hydrogens (tertiary/aromatic N) is 1. The summed E-state index contributed by atoms with van der Waals surface area (Å²) in [6.07, 6.45) is 3.74. The van der Waals surface area contributed by atoms with Crippen LogP contribution in [0.15, 0.2) is 23.4 Å². The Morgan fingerprint density at radius 1 is 1.52 bits per heavy atom. The first-order valence-corrected chi connectivity index (χ1v) is 8.66. The van der Waals surface area contributed by atoms with Crippen molar-refractivity contribution in [1.29, 1.82) is 0 Å². The molecule has 2 atom stereocenters. The van der Waals surface area contributed by atoms with Crippen molar-refractivity contribution in [3.8, 4) is 0 Å². The predicted molar refractivity (Wildman–Crippen MR) is 95.1 cm³/mol. The maximum atomic E-state index is 12.3. The van der Waals surface area contributed by atoms with Crippen molar-refractivity contribution in [2.45, 2.75) is 51.3 Å². The SMILES string of the molecule is C=C(CCCC)NCC(=O)N1CCCC1C(O)NC/C(O)=C/S. The van der Waals surface area contributed by atoms with Crippen LogP contribution in [-0.4, -0.2) is 52.9 Å². The molecule has 4 N–H and O–H groups in total. The number of carbonyl (C=O) groups is 1. The molecule has 0 aromatic carbocycles. The zero-order valence-corrected chi connectivity index (χ0v) is 14.7. The number of nitrogens with one attached hydrogen (secondary N) is 2. The van der Waals surface area contributed by atoms with Crippen LogP contribution in [0, 0.1) is 0 Å². The van der Waals surface area contributed by atoms with E-state index >= 15 is 0 Å². The van der Waals surface area contributed by atoms with E-state index < -0.39 is 6.23 Å². The Labute approximate surface area is 144 Å². The van der Waals surface area contributed by atoms with Crippen molar-refractivity contribution in [2.75, 3.05) is 19.6 Å². The van der Waals surface area contributed by atoms with Crippen LogP contribution in [0.4, 0.5) is 0 Å². The minimum absolute atomic E-state index is 0.0390. The second-order valence-electron chi connectivity index (χ2n) is 5.80. The Hall–Kier alpha value is -1.18. The summed E-state index contributed by atoms with van der Waals surface area (Å²) >= 11 is 3.83. The van der Waals surface area contributed by atoms with E-state index in [9.17, 15) is 15.0 Å². The molecule has 6 nitrogen and oxygen atoms in total. The second-order valence-corrected chi connectivity index (χ2v) is 6.06. The molecule has 1 heterocycles. The van der Waals surface area contributed by atoms with Crippen LogP contribution in [-0.2, 0) is 4.79 Å². The fourth-order valence-electron chi connectivity index (χ4n) is 2.60. The summed E-state index contributed by atoms with van der Waals surface area (Å²) in [6.45, 7) is 6.99. The van der Waals surface area contributed by atoms with Gasteiger partial charge in [0.05, 0.1) is 19.1 Å². The van der Waals surface area contributed by atoms with Gasteiger partial charge in [0.1, 0.15) is 12.0 Å². The molecule has 1 rings (SSSR count). The Morgan fingerprint density at radius 2 is 2.26 bits per heavy atom. The quantitative estimate of drug-likeness (QED) is 0.236. The van der Waals surface area contributed by atoms with Crippen molar-refractivity contribution < 1.29 is 15.0 Å². The summed E-state index contributed by atoms with van der Waals surface area (Å²) in [5, 5.41) is 26.7. The first kappa shape index (κ1) is 19.9. The third-order valence-electron chi connectivity index (χ3n) is 3.95. The summed E-state index contributed by atoms with van der Waals surface area (Å²) in [7, 11) is 0. The molecule has 0 aromatic heterocycles. The zero-order valence-electron chi connectivity index (χ0n) is 13.8. The van der Waals surface area contributed by atoms with Crippen LogP contribution in [0.5, 0.6) is 0 Å². The number of amides is 1. The Bertz CT molecular complexity index is 429. The van der Waals surface area contributed by atoms with E-state index in [1.165, 1.54) is 5.41 Å². The molecule has 0 aliphatic carbocycles. The van der Waals surface area contributed by atoms with E-state index in [4.69, 9.17) is 0 Å². The van der Waals surface area contributed by atoms with E-state index in [0.29, 0.717) is 6.54 Å². The molecule has 0 saturated carbocycles. The van der Waals surface area contributed by atoms with E-state index in [1.54, 1.807) is 4.90 Å². The van der Waals surface area contributed by atoms with Gasteiger partial charge in [-0.15, -0.1) is 12.6 Å². The van der Waals surface area contributed by atoms with Gasteiger partial charge in [-0.1, -0.05) is 19.9 Å². The molecule has 7 heteroatoms. The van der Waals surface area contributed by atoms with E-state index in [2.05, 4.69) is 36.8 Å². The van der Waals surface area contributed by atoms with E-state index in [-0.39, 0.29) is 30.8 Å². The maximum Gasteiger partial charge on any atom is 0.242 e. The molecular formula is C16H29N3O3S. The zero-order chi connectivity index (χ0) is 17.2. The smallest absolute Gasteiger partial charge is 0.242 e. The summed E-state index contributed by atoms with van der Waals surface area (Å²) < 4.78 is 0. The first-order valence-electron chi connectivity index (χ1n) is 8.14. The fraction of sp³-hybridized carbons (Fsp3) is 0.688. The largest absolute Gasteiger partial charge is 0.510 e. The van der Waals surface area contributed by atoms with Gasteiger partial charge in [0.25, 0.3) is 0 Å². The highest BCUT2D eigenvalue weighted by atomic mass is 32.1. The number of unbranched alkanes of at least 4 members (excludes halogenated alkanes) is 1. The number of aliphatic hydroxyl groups excluding tert-OH is 2. The average molecular weight is 343 g/mol. The molecule has 1 amide bonds. The standard InChI is InChI=1S/C16H29N3O3S/c1-3-4-6-12(2)17-10-15(21)19-8-5-7-14(19)16(22)18-9-13(20)11-23/h11,14,16-18,20,22-23H,2-10H2,1H3/b13-11-. The van der Waals surface area contributed by atoms with Gasteiger partial charge in [0.15, 0.2) is 0 Å². The van der Waals surface area contributed by atoms with Crippen LogP contribution in [0.25, 0.3) is 0 Å². The lowest BCUT2D eigenvalue weighted by Gasteiger charge is -2.29. The van der Waals surface area contributed by atoms with Gasteiger partial charge in [-0.2, -0.15) is 0 Å². The fourth-order valence-corrected chi connectivity index (χ4v) is 2.69. The van der Waals surface area contributed by atoms with Crippen LogP contribution in [0.2, 0.25) is 0 Å². The number of rotatable bonds is 10. The normalized spacial score (nSPS) is 19.7. The molecule has 132 valence electrons. The van der Waals surface area contributed by atoms with Gasteiger partial charge in [0, 0.05) is 17.6 Å². The van der Waals surface area contributed by atoms with Crippen molar-refractivity contribution in [2.24, 2.45) is 0 Å². The molecule has 0 spiro atoms. The van der Waals surface area contributed by atoms with Gasteiger partial charge in [-0.3, -0.25) is 10.1 Å². The monoisotopic (exact) mass is 343 g/mol. The lowest BCUT2D eigenvalue weighted by molar-refractivity contribution is -0.133. The molecule has 23 heavy (non-hydrogen) atoms. The lowest BCUT2D eigenvalue weighted by atomic mass is 10.2. The number of hydrogen-bond acceptors (Lipinski definition) is 6. The number of aliphatic hydroxyl groups is 2. The van der Waals surface area contributed by atoms with Gasteiger partial charge < -0.3 is 20.4 Å². The van der Waals surface area contributed by atoms with Crippen molar-refractivity contribution >= 4 is 18.5 Å². The van der Waals surface area contributed by atoms with Crippen LogP contribution in [0.1, 0.15) is 39.0 Å². The molecule has 0 aromatic rings. The number of likely N-dealkylation sites (tertiary alicyclic amines) is 1. The number of thiol groups is 1. The average Bonchev–Trinajstić information content (AvgIpc) is 3.04. The van der Waals surface area contributed by atoms with Gasteiger partial charge in [-0.05, 0) is 25.7 Å². The predicted octanol–water partition coefficient (Wildman–Crippen LogP) is 1.51. The Balaban J connectivity index is 2.44. The van der Waals surface area contributed by atoms with Crippen LogP contribution < -0.4 is 10.6 Å².